The molecular formula is C35H51N5O6. The fourth-order valence-corrected chi connectivity index (χ4v) is 5.89. The summed E-state index contributed by atoms with van der Waals surface area (Å²) < 4.78 is 0. The molecule has 0 unspecified atom stereocenters. The Morgan fingerprint density at radius 1 is 0.935 bits per heavy atom. The maximum Gasteiger partial charge on any atom is 0.255 e. The molecule has 0 aromatic heterocycles. The van der Waals surface area contributed by atoms with Crippen LogP contribution in [0.1, 0.15) is 87.7 Å². The van der Waals surface area contributed by atoms with E-state index in [1.807, 2.05) is 45.0 Å². The minimum absolute atomic E-state index is 0.170. The molecule has 11 nitrogen and oxygen atoms in total. The lowest BCUT2D eigenvalue weighted by atomic mass is 9.84. The van der Waals surface area contributed by atoms with Crippen LogP contribution in [-0.4, -0.2) is 64.1 Å². The normalized spacial score (nSPS) is 15.8. The highest BCUT2D eigenvalue weighted by atomic mass is 16.3. The highest BCUT2D eigenvalue weighted by Gasteiger charge is 2.34. The lowest BCUT2D eigenvalue weighted by Gasteiger charge is -2.33. The van der Waals surface area contributed by atoms with E-state index in [0.29, 0.717) is 18.8 Å². The van der Waals surface area contributed by atoms with Crippen molar-refractivity contribution < 1.29 is 29.4 Å². The summed E-state index contributed by atoms with van der Waals surface area (Å²) in [5.41, 5.74) is 7.57. The molecule has 1 fully saturated rings. The van der Waals surface area contributed by atoms with Gasteiger partial charge in [-0.25, -0.2) is 0 Å². The first-order valence-corrected chi connectivity index (χ1v) is 16.2. The van der Waals surface area contributed by atoms with Crippen molar-refractivity contribution in [3.63, 3.8) is 0 Å². The van der Waals surface area contributed by atoms with Gasteiger partial charge in [0.25, 0.3) is 5.91 Å². The van der Waals surface area contributed by atoms with Gasteiger partial charge >= 0.3 is 0 Å². The zero-order chi connectivity index (χ0) is 34.0. The third kappa shape index (κ3) is 10.8. The second kappa shape index (κ2) is 16.4. The summed E-state index contributed by atoms with van der Waals surface area (Å²) >= 11 is 0. The summed E-state index contributed by atoms with van der Waals surface area (Å²) in [6, 6.07) is 8.58. The van der Waals surface area contributed by atoms with E-state index in [9.17, 15) is 29.4 Å². The molecule has 0 heterocycles. The largest absolute Gasteiger partial charge is 0.508 e. The maximum atomic E-state index is 13.8. The number of carbonyl (C=O) groups is 4. The Hall–Kier alpha value is -4.12. The van der Waals surface area contributed by atoms with Crippen molar-refractivity contribution in [2.45, 2.75) is 103 Å². The smallest absolute Gasteiger partial charge is 0.255 e. The average molecular weight is 638 g/mol. The van der Waals surface area contributed by atoms with Crippen LogP contribution in [0, 0.1) is 18.8 Å². The molecule has 1 saturated carbocycles. The first-order chi connectivity index (χ1) is 21.7. The molecule has 0 spiro atoms. The van der Waals surface area contributed by atoms with Crippen molar-refractivity contribution in [2.75, 3.05) is 6.54 Å². The van der Waals surface area contributed by atoms with Crippen LogP contribution in [0.15, 0.2) is 42.5 Å². The van der Waals surface area contributed by atoms with Crippen LogP contribution in [0.5, 0.6) is 11.5 Å². The fourth-order valence-electron chi connectivity index (χ4n) is 5.89. The highest BCUT2D eigenvalue weighted by molar-refractivity contribution is 5.98. The zero-order valence-electron chi connectivity index (χ0n) is 27.7. The third-order valence-electron chi connectivity index (χ3n) is 8.57. The Kier molecular flexibility index (Phi) is 13.0. The van der Waals surface area contributed by atoms with E-state index in [-0.39, 0.29) is 35.4 Å². The van der Waals surface area contributed by atoms with Gasteiger partial charge in [0.05, 0.1) is 5.56 Å². The predicted octanol–water partition coefficient (Wildman–Crippen LogP) is 3.20. The Balaban J connectivity index is 1.67. The van der Waals surface area contributed by atoms with E-state index < -0.39 is 41.4 Å². The van der Waals surface area contributed by atoms with Crippen molar-refractivity contribution in [2.24, 2.45) is 17.6 Å². The quantitative estimate of drug-likeness (QED) is 0.155. The fraction of sp³-hybridized carbons (Fsp3) is 0.543. The van der Waals surface area contributed by atoms with Crippen molar-refractivity contribution in [1.29, 1.82) is 0 Å². The monoisotopic (exact) mass is 637 g/mol. The van der Waals surface area contributed by atoms with Crippen LogP contribution in [0.25, 0.3) is 0 Å². The number of amides is 4. The second-order valence-electron chi connectivity index (χ2n) is 13.5. The molecule has 46 heavy (non-hydrogen) atoms. The maximum absolute atomic E-state index is 13.8. The summed E-state index contributed by atoms with van der Waals surface area (Å²) in [6.45, 7) is 9.26. The van der Waals surface area contributed by atoms with Gasteiger partial charge in [0.15, 0.2) is 0 Å². The number of nitrogens with one attached hydrogen (secondary N) is 4. The number of phenolic OH excluding ortho intramolecular Hbond substituents is 2. The summed E-state index contributed by atoms with van der Waals surface area (Å²) in [5.74, 6) is -2.71. The van der Waals surface area contributed by atoms with Gasteiger partial charge in [-0.15, -0.1) is 0 Å². The van der Waals surface area contributed by atoms with Crippen LogP contribution < -0.4 is 27.0 Å². The number of benzene rings is 2. The summed E-state index contributed by atoms with van der Waals surface area (Å²) in [7, 11) is 0. The van der Waals surface area contributed by atoms with E-state index in [1.165, 1.54) is 18.6 Å². The molecule has 2 aromatic carbocycles. The third-order valence-corrected chi connectivity index (χ3v) is 8.57. The number of nitrogens with two attached hydrogens (primary N) is 1. The van der Waals surface area contributed by atoms with E-state index in [0.717, 1.165) is 42.9 Å². The van der Waals surface area contributed by atoms with Crippen molar-refractivity contribution in [1.82, 2.24) is 21.3 Å². The van der Waals surface area contributed by atoms with E-state index in [1.54, 1.807) is 13.8 Å². The minimum Gasteiger partial charge on any atom is -0.508 e. The number of aromatic hydroxyl groups is 2. The molecule has 11 heteroatoms. The molecule has 0 bridgehead atoms. The Labute approximate surface area is 272 Å². The Morgan fingerprint density at radius 2 is 1.61 bits per heavy atom. The number of aryl methyl sites for hydroxylation is 1. The molecule has 3 rings (SSSR count). The second-order valence-corrected chi connectivity index (χ2v) is 13.5. The van der Waals surface area contributed by atoms with Crippen molar-refractivity contribution in [3.8, 4) is 11.5 Å². The number of rotatable bonds is 14. The van der Waals surface area contributed by atoms with Gasteiger partial charge < -0.3 is 37.2 Å². The molecule has 1 aliphatic rings. The predicted molar refractivity (Wildman–Crippen MR) is 177 cm³/mol. The average Bonchev–Trinajstić information content (AvgIpc) is 3.00. The molecule has 0 aliphatic heterocycles. The Morgan fingerprint density at radius 3 is 2.26 bits per heavy atom. The molecule has 0 radical (unpaired) electrons. The molecule has 1 aliphatic carbocycles. The van der Waals surface area contributed by atoms with Gasteiger partial charge in [0.2, 0.25) is 17.7 Å². The summed E-state index contributed by atoms with van der Waals surface area (Å²) in [4.78, 5) is 52.9. The van der Waals surface area contributed by atoms with Gasteiger partial charge in [-0.3, -0.25) is 19.2 Å². The van der Waals surface area contributed by atoms with Crippen molar-refractivity contribution in [3.05, 3.63) is 59.2 Å². The van der Waals surface area contributed by atoms with E-state index in [4.69, 9.17) is 5.73 Å². The van der Waals surface area contributed by atoms with E-state index in [2.05, 4.69) is 21.3 Å². The number of phenols is 2. The SMILES string of the molecule is Cc1ccccc1CC(C)(C)NC(=O)[C@H](CC1CCCCC1)NC(=O)[C@@H](NC(=O)[C@@H](N)CNC(=O)c1cc(O)ccc1O)C(C)C. The zero-order valence-corrected chi connectivity index (χ0v) is 27.7. The number of hydrogen-bond acceptors (Lipinski definition) is 7. The minimum atomic E-state index is -1.21. The molecule has 4 amide bonds. The lowest BCUT2D eigenvalue weighted by molar-refractivity contribution is -0.134. The molecule has 0 saturated heterocycles. The van der Waals surface area contributed by atoms with Gasteiger partial charge in [0, 0.05) is 12.1 Å². The van der Waals surface area contributed by atoms with Crippen LogP contribution in [0.4, 0.5) is 0 Å². The van der Waals surface area contributed by atoms with Crippen LogP contribution >= 0.6 is 0 Å². The molecule has 3 atom stereocenters. The number of carbonyl (C=O) groups excluding carboxylic acids is 4. The van der Waals surface area contributed by atoms with Gasteiger partial charge in [-0.1, -0.05) is 70.2 Å². The highest BCUT2D eigenvalue weighted by Crippen LogP contribution is 2.28. The first kappa shape index (κ1) is 36.3. The summed E-state index contributed by atoms with van der Waals surface area (Å²) in [6.07, 6.45) is 6.48. The standard InChI is InChI=1S/C35H51N5O6/c1-21(2)30(39-32(44)27(36)20-37-31(43)26-18-25(41)15-16-29(26)42)34(46)38-28(17-23-12-7-6-8-13-23)33(45)40-35(4,5)19-24-14-10-9-11-22(24)3/h9-11,14-16,18,21,23,27-28,30,41-42H,6-8,12-13,17,19-20,36H2,1-5H3,(H,37,43)(H,38,46)(H,39,44)(H,40,45)/t27-,28-,30-/m0/s1. The lowest BCUT2D eigenvalue weighted by Crippen LogP contribution is -2.60. The summed E-state index contributed by atoms with van der Waals surface area (Å²) in [5, 5.41) is 30.8. The first-order valence-electron chi connectivity index (χ1n) is 16.2. The molecule has 252 valence electrons. The van der Waals surface area contributed by atoms with E-state index >= 15 is 0 Å². The molecule has 2 aromatic rings. The topological polar surface area (TPSA) is 183 Å². The Bertz CT molecular complexity index is 1370. The molecular weight excluding hydrogens is 586 g/mol. The van der Waals surface area contributed by atoms with Crippen LogP contribution in [0.3, 0.4) is 0 Å². The van der Waals surface area contributed by atoms with Crippen LogP contribution in [0.2, 0.25) is 0 Å². The molecule has 8 N–H and O–H groups in total. The van der Waals surface area contributed by atoms with Gasteiger partial charge in [0.1, 0.15) is 29.6 Å². The number of hydrogen-bond donors (Lipinski definition) is 7. The van der Waals surface area contributed by atoms with Gasteiger partial charge in [-0.2, -0.15) is 0 Å². The van der Waals surface area contributed by atoms with Crippen molar-refractivity contribution >= 4 is 23.6 Å². The van der Waals surface area contributed by atoms with Crippen LogP contribution in [-0.2, 0) is 20.8 Å². The van der Waals surface area contributed by atoms with Gasteiger partial charge in [-0.05, 0) is 74.8 Å².